The SMILES string of the molecule is CC1CN(c2cc(Cl)nc(SCC(=O)NC(c3ccccc3)c3ccccc3)n2)CCN1C(=O)c1cccc(F)c1. The molecule has 7 nitrogen and oxygen atoms in total. The average Bonchev–Trinajstić information content (AvgIpc) is 2.99. The number of nitrogens with zero attached hydrogens (tertiary/aromatic N) is 4. The number of carbonyl (C=O) groups is 2. The van der Waals surface area contributed by atoms with Gasteiger partial charge in [0.25, 0.3) is 5.91 Å². The fourth-order valence-electron chi connectivity index (χ4n) is 4.85. The minimum absolute atomic E-state index is 0.113. The maximum absolute atomic E-state index is 13.6. The summed E-state index contributed by atoms with van der Waals surface area (Å²) in [4.78, 5) is 38.8. The number of aromatic nitrogens is 2. The monoisotopic (exact) mass is 589 g/mol. The first-order valence-corrected chi connectivity index (χ1v) is 14.6. The first-order valence-electron chi connectivity index (χ1n) is 13.3. The summed E-state index contributed by atoms with van der Waals surface area (Å²) in [5.41, 5.74) is 2.30. The number of benzene rings is 3. The fourth-order valence-corrected chi connectivity index (χ4v) is 5.74. The van der Waals surface area contributed by atoms with Crippen molar-refractivity contribution in [3.63, 3.8) is 0 Å². The minimum Gasteiger partial charge on any atom is -0.353 e. The van der Waals surface area contributed by atoms with Crippen molar-refractivity contribution in [2.45, 2.75) is 24.2 Å². The quantitative estimate of drug-likeness (QED) is 0.163. The molecule has 0 saturated carbocycles. The van der Waals surface area contributed by atoms with Crippen LogP contribution < -0.4 is 10.2 Å². The second-order valence-electron chi connectivity index (χ2n) is 9.75. The summed E-state index contributed by atoms with van der Waals surface area (Å²) < 4.78 is 13.6. The highest BCUT2D eigenvalue weighted by molar-refractivity contribution is 7.99. The summed E-state index contributed by atoms with van der Waals surface area (Å²) in [6.07, 6.45) is 0. The third kappa shape index (κ3) is 7.23. The molecule has 1 aromatic heterocycles. The summed E-state index contributed by atoms with van der Waals surface area (Å²) in [5.74, 6) is -0.0570. The topological polar surface area (TPSA) is 78.4 Å². The van der Waals surface area contributed by atoms with Crippen LogP contribution in [0.4, 0.5) is 10.2 Å². The molecule has 2 heterocycles. The van der Waals surface area contributed by atoms with Gasteiger partial charge in [-0.1, -0.05) is 90.1 Å². The fraction of sp³-hybridized carbons (Fsp3) is 0.226. The first kappa shape index (κ1) is 28.6. The van der Waals surface area contributed by atoms with Crippen LogP contribution in [0.5, 0.6) is 0 Å². The lowest BCUT2D eigenvalue weighted by atomic mass is 9.99. The molecule has 1 aliphatic rings. The first-order chi connectivity index (χ1) is 19.9. The second kappa shape index (κ2) is 13.1. The number of halogens is 2. The van der Waals surface area contributed by atoms with Crippen molar-refractivity contribution in [1.82, 2.24) is 20.2 Å². The molecular formula is C31H29ClFN5O2S. The highest BCUT2D eigenvalue weighted by Crippen LogP contribution is 2.26. The highest BCUT2D eigenvalue weighted by Gasteiger charge is 2.29. The standard InChI is InChI=1S/C31H29ClFN5O2S/c1-21-19-37(15-16-38(21)30(40)24-13-8-14-25(33)17-24)27-18-26(32)34-31(35-27)41-20-28(39)36-29(22-9-4-2-5-10-22)23-11-6-3-7-12-23/h2-14,17-18,21,29H,15-16,19-20H2,1H3,(H,36,39). The van der Waals surface area contributed by atoms with E-state index in [0.717, 1.165) is 11.1 Å². The van der Waals surface area contributed by atoms with E-state index in [4.69, 9.17) is 11.6 Å². The number of nitrogens with one attached hydrogen (secondary N) is 1. The lowest BCUT2D eigenvalue weighted by Crippen LogP contribution is -2.54. The van der Waals surface area contributed by atoms with E-state index in [1.807, 2.05) is 72.5 Å². The van der Waals surface area contributed by atoms with Crippen LogP contribution in [0.1, 0.15) is 34.5 Å². The summed E-state index contributed by atoms with van der Waals surface area (Å²) in [6.45, 7) is 3.44. The van der Waals surface area contributed by atoms with Crippen molar-refractivity contribution < 1.29 is 14.0 Å². The van der Waals surface area contributed by atoms with Crippen LogP contribution in [-0.2, 0) is 4.79 Å². The van der Waals surface area contributed by atoms with Crippen molar-refractivity contribution in [1.29, 1.82) is 0 Å². The number of piperazine rings is 1. The van der Waals surface area contributed by atoms with Gasteiger partial charge in [-0.2, -0.15) is 0 Å². The van der Waals surface area contributed by atoms with Crippen molar-refractivity contribution in [2.75, 3.05) is 30.3 Å². The molecule has 1 unspecified atom stereocenters. The molecular weight excluding hydrogens is 561 g/mol. The third-order valence-corrected chi connectivity index (χ3v) is 7.89. The van der Waals surface area contributed by atoms with Gasteiger partial charge in [-0.15, -0.1) is 0 Å². The van der Waals surface area contributed by atoms with Crippen LogP contribution in [0, 0.1) is 5.82 Å². The highest BCUT2D eigenvalue weighted by atomic mass is 35.5. The Balaban J connectivity index is 1.22. The van der Waals surface area contributed by atoms with Crippen LogP contribution in [0.15, 0.2) is 96.2 Å². The maximum Gasteiger partial charge on any atom is 0.254 e. The van der Waals surface area contributed by atoms with Crippen molar-refractivity contribution in [2.24, 2.45) is 0 Å². The predicted octanol–water partition coefficient (Wildman–Crippen LogP) is 5.62. The number of hydrogen-bond acceptors (Lipinski definition) is 6. The molecule has 1 aliphatic heterocycles. The van der Waals surface area contributed by atoms with E-state index in [0.29, 0.717) is 36.2 Å². The van der Waals surface area contributed by atoms with E-state index in [1.54, 1.807) is 17.0 Å². The van der Waals surface area contributed by atoms with Crippen molar-refractivity contribution in [3.05, 3.63) is 119 Å². The second-order valence-corrected chi connectivity index (χ2v) is 11.1. The number of amides is 2. The Bertz CT molecular complexity index is 1470. The Kier molecular flexibility index (Phi) is 9.16. The van der Waals surface area contributed by atoms with E-state index in [2.05, 4.69) is 15.3 Å². The molecule has 1 saturated heterocycles. The molecule has 210 valence electrons. The van der Waals surface area contributed by atoms with Crippen LogP contribution in [0.25, 0.3) is 0 Å². The molecule has 0 bridgehead atoms. The molecule has 41 heavy (non-hydrogen) atoms. The van der Waals surface area contributed by atoms with Gasteiger partial charge in [-0.25, -0.2) is 14.4 Å². The molecule has 1 N–H and O–H groups in total. The number of carbonyl (C=O) groups excluding carboxylic acids is 2. The summed E-state index contributed by atoms with van der Waals surface area (Å²) in [7, 11) is 0. The maximum atomic E-state index is 13.6. The third-order valence-electron chi connectivity index (χ3n) is 6.85. The van der Waals surface area contributed by atoms with Crippen molar-refractivity contribution >= 4 is 41.0 Å². The Morgan fingerprint density at radius 2 is 1.66 bits per heavy atom. The zero-order valence-corrected chi connectivity index (χ0v) is 24.0. The molecule has 4 aromatic rings. The molecule has 0 radical (unpaired) electrons. The van der Waals surface area contributed by atoms with Gasteiger partial charge in [0.05, 0.1) is 11.8 Å². The van der Waals surface area contributed by atoms with E-state index in [9.17, 15) is 14.0 Å². The molecule has 1 fully saturated rings. The van der Waals surface area contributed by atoms with Gasteiger partial charge in [0.1, 0.15) is 16.8 Å². The Hall–Kier alpha value is -3.95. The Morgan fingerprint density at radius 1 is 0.976 bits per heavy atom. The largest absolute Gasteiger partial charge is 0.353 e. The zero-order chi connectivity index (χ0) is 28.8. The number of anilines is 1. The number of thioether (sulfide) groups is 1. The lowest BCUT2D eigenvalue weighted by Gasteiger charge is -2.40. The molecule has 0 spiro atoms. The minimum atomic E-state index is -0.438. The average molecular weight is 590 g/mol. The normalized spacial score (nSPS) is 15.2. The van der Waals surface area contributed by atoms with Gasteiger partial charge in [0.15, 0.2) is 5.16 Å². The summed E-state index contributed by atoms with van der Waals surface area (Å²) >= 11 is 7.56. The van der Waals surface area contributed by atoms with E-state index < -0.39 is 5.82 Å². The van der Waals surface area contributed by atoms with Crippen LogP contribution in [-0.4, -0.2) is 58.1 Å². The molecule has 1 atom stereocenters. The van der Waals surface area contributed by atoms with E-state index >= 15 is 0 Å². The molecule has 0 aliphatic carbocycles. The van der Waals surface area contributed by atoms with Gasteiger partial charge in [-0.3, -0.25) is 9.59 Å². The van der Waals surface area contributed by atoms with Crippen LogP contribution in [0.3, 0.4) is 0 Å². The van der Waals surface area contributed by atoms with Gasteiger partial charge >= 0.3 is 0 Å². The van der Waals surface area contributed by atoms with E-state index in [-0.39, 0.29) is 34.8 Å². The smallest absolute Gasteiger partial charge is 0.254 e. The number of rotatable bonds is 8. The zero-order valence-electron chi connectivity index (χ0n) is 22.4. The van der Waals surface area contributed by atoms with E-state index in [1.165, 1.54) is 30.0 Å². The van der Waals surface area contributed by atoms with Crippen LogP contribution in [0.2, 0.25) is 5.15 Å². The summed E-state index contributed by atoms with van der Waals surface area (Å²) in [6, 6.07) is 26.6. The van der Waals surface area contributed by atoms with Gasteiger partial charge < -0.3 is 15.1 Å². The van der Waals surface area contributed by atoms with Gasteiger partial charge in [-0.05, 0) is 36.2 Å². The predicted molar refractivity (Wildman–Crippen MR) is 160 cm³/mol. The van der Waals surface area contributed by atoms with Crippen molar-refractivity contribution in [3.8, 4) is 0 Å². The molecule has 10 heteroatoms. The van der Waals surface area contributed by atoms with Crippen LogP contribution >= 0.6 is 23.4 Å². The lowest BCUT2D eigenvalue weighted by molar-refractivity contribution is -0.119. The van der Waals surface area contributed by atoms with Gasteiger partial charge in [0.2, 0.25) is 5.91 Å². The summed E-state index contributed by atoms with van der Waals surface area (Å²) in [5, 5.41) is 3.80. The van der Waals surface area contributed by atoms with Gasteiger partial charge in [0, 0.05) is 37.3 Å². The Labute approximate surface area is 247 Å². The Morgan fingerprint density at radius 3 is 2.29 bits per heavy atom. The number of hydrogen-bond donors (Lipinski definition) is 1. The molecule has 3 aromatic carbocycles. The molecule has 2 amide bonds. The molecule has 5 rings (SSSR count).